The topological polar surface area (TPSA) is 80.9 Å². The minimum Gasteiger partial charge on any atom is -0.347 e. The van der Waals surface area contributed by atoms with E-state index in [1.54, 1.807) is 24.5 Å². The zero-order chi connectivity index (χ0) is 14.2. The Bertz CT molecular complexity index is 629. The molecule has 1 aliphatic rings. The number of hydrogen-bond acceptors (Lipinski definition) is 5. The zero-order valence-electron chi connectivity index (χ0n) is 10.2. The van der Waals surface area contributed by atoms with Crippen LogP contribution >= 0.6 is 23.2 Å². The third kappa shape index (κ3) is 2.76. The lowest BCUT2D eigenvalue weighted by Gasteiger charge is -2.01. The second kappa shape index (κ2) is 5.03. The number of hydrogen-bond donors (Lipinski definition) is 1. The SMILES string of the molecule is O=C(NCc1nc(-c2ccncc2)no1)C1CC1(Cl)Cl. The first-order valence-corrected chi connectivity index (χ1v) is 6.70. The fraction of sp³-hybridized carbons (Fsp3) is 0.333. The largest absolute Gasteiger partial charge is 0.347 e. The highest BCUT2D eigenvalue weighted by molar-refractivity contribution is 6.52. The Hall–Kier alpha value is -1.66. The highest BCUT2D eigenvalue weighted by Gasteiger charge is 2.56. The van der Waals surface area contributed by atoms with Gasteiger partial charge >= 0.3 is 0 Å². The van der Waals surface area contributed by atoms with Crippen molar-refractivity contribution in [3.05, 3.63) is 30.4 Å². The van der Waals surface area contributed by atoms with E-state index in [4.69, 9.17) is 27.7 Å². The summed E-state index contributed by atoms with van der Waals surface area (Å²) in [5, 5.41) is 6.50. The Morgan fingerprint density at radius 3 is 2.80 bits per heavy atom. The van der Waals surface area contributed by atoms with E-state index < -0.39 is 4.33 Å². The van der Waals surface area contributed by atoms with Crippen LogP contribution in [-0.2, 0) is 11.3 Å². The predicted molar refractivity (Wildman–Crippen MR) is 71.9 cm³/mol. The molecule has 20 heavy (non-hydrogen) atoms. The number of carbonyl (C=O) groups is 1. The Balaban J connectivity index is 1.60. The van der Waals surface area contributed by atoms with Crippen LogP contribution in [0.4, 0.5) is 0 Å². The van der Waals surface area contributed by atoms with Crippen LogP contribution in [0.3, 0.4) is 0 Å². The summed E-state index contributed by atoms with van der Waals surface area (Å²) in [7, 11) is 0. The van der Waals surface area contributed by atoms with E-state index in [2.05, 4.69) is 20.4 Å². The zero-order valence-corrected chi connectivity index (χ0v) is 11.7. The lowest BCUT2D eigenvalue weighted by Crippen LogP contribution is -2.26. The highest BCUT2D eigenvalue weighted by atomic mass is 35.5. The minimum absolute atomic E-state index is 0.150. The third-order valence-corrected chi connectivity index (χ3v) is 3.80. The molecular weight excluding hydrogens is 303 g/mol. The van der Waals surface area contributed by atoms with Gasteiger partial charge in [-0.15, -0.1) is 23.2 Å². The summed E-state index contributed by atoms with van der Waals surface area (Å²) in [4.78, 5) is 19.8. The monoisotopic (exact) mass is 312 g/mol. The number of alkyl halides is 2. The van der Waals surface area contributed by atoms with Crippen molar-refractivity contribution < 1.29 is 9.32 Å². The summed E-state index contributed by atoms with van der Waals surface area (Å²) in [6, 6.07) is 3.54. The van der Waals surface area contributed by atoms with E-state index in [-0.39, 0.29) is 18.4 Å². The maximum atomic E-state index is 11.7. The molecule has 0 aliphatic heterocycles. The van der Waals surface area contributed by atoms with Crippen LogP contribution in [0.1, 0.15) is 12.3 Å². The van der Waals surface area contributed by atoms with Crippen molar-refractivity contribution in [3.63, 3.8) is 0 Å². The molecule has 0 bridgehead atoms. The quantitative estimate of drug-likeness (QED) is 0.873. The smallest absolute Gasteiger partial charge is 0.246 e. The number of carbonyl (C=O) groups excluding carboxylic acids is 1. The Morgan fingerprint density at radius 1 is 1.45 bits per heavy atom. The fourth-order valence-corrected chi connectivity index (χ4v) is 2.24. The van der Waals surface area contributed by atoms with Crippen molar-refractivity contribution in [1.29, 1.82) is 0 Å². The van der Waals surface area contributed by atoms with E-state index in [0.717, 1.165) is 5.56 Å². The lowest BCUT2D eigenvalue weighted by molar-refractivity contribution is -0.122. The maximum Gasteiger partial charge on any atom is 0.246 e. The van der Waals surface area contributed by atoms with Crippen molar-refractivity contribution in [2.24, 2.45) is 5.92 Å². The molecule has 1 saturated carbocycles. The maximum absolute atomic E-state index is 11.7. The predicted octanol–water partition coefficient (Wildman–Crippen LogP) is 1.94. The number of nitrogens with one attached hydrogen (secondary N) is 1. The van der Waals surface area contributed by atoms with Gasteiger partial charge in [0.1, 0.15) is 4.33 Å². The van der Waals surface area contributed by atoms with E-state index in [0.29, 0.717) is 18.1 Å². The van der Waals surface area contributed by atoms with E-state index in [1.807, 2.05) is 0 Å². The summed E-state index contributed by atoms with van der Waals surface area (Å²) >= 11 is 11.6. The second-order valence-electron chi connectivity index (χ2n) is 4.48. The molecule has 3 rings (SSSR count). The minimum atomic E-state index is -0.929. The molecule has 6 nitrogen and oxygen atoms in total. The van der Waals surface area contributed by atoms with Crippen molar-refractivity contribution in [2.75, 3.05) is 0 Å². The third-order valence-electron chi connectivity index (χ3n) is 2.96. The van der Waals surface area contributed by atoms with Gasteiger partial charge in [0.2, 0.25) is 17.6 Å². The van der Waals surface area contributed by atoms with Gasteiger partial charge in [0, 0.05) is 18.0 Å². The molecule has 1 amide bonds. The van der Waals surface area contributed by atoms with Gasteiger partial charge in [0.05, 0.1) is 12.5 Å². The van der Waals surface area contributed by atoms with E-state index in [9.17, 15) is 4.79 Å². The molecule has 0 radical (unpaired) electrons. The number of aromatic nitrogens is 3. The van der Waals surface area contributed by atoms with Crippen LogP contribution in [0.15, 0.2) is 29.0 Å². The molecule has 1 atom stereocenters. The first kappa shape index (κ1) is 13.3. The van der Waals surface area contributed by atoms with Crippen LogP contribution in [0.25, 0.3) is 11.4 Å². The van der Waals surface area contributed by atoms with Gasteiger partial charge in [-0.1, -0.05) is 5.16 Å². The summed E-state index contributed by atoms with van der Waals surface area (Å²) in [5.41, 5.74) is 0.795. The molecule has 1 unspecified atom stereocenters. The van der Waals surface area contributed by atoms with Crippen molar-refractivity contribution in [2.45, 2.75) is 17.3 Å². The number of amides is 1. The average molecular weight is 313 g/mol. The standard InChI is InChI=1S/C12H10Cl2N4O2/c13-12(14)5-8(12)11(19)16-6-9-17-10(18-20-9)7-1-3-15-4-2-7/h1-4,8H,5-6H2,(H,16,19). The van der Waals surface area contributed by atoms with Crippen LogP contribution in [0.2, 0.25) is 0 Å². The van der Waals surface area contributed by atoms with Gasteiger partial charge in [-0.2, -0.15) is 4.98 Å². The van der Waals surface area contributed by atoms with Crippen molar-refractivity contribution >= 4 is 29.1 Å². The molecule has 2 aromatic rings. The Kier molecular flexibility index (Phi) is 3.35. The van der Waals surface area contributed by atoms with Gasteiger partial charge in [-0.25, -0.2) is 0 Å². The summed E-state index contributed by atoms with van der Waals surface area (Å²) < 4.78 is 4.13. The first-order valence-electron chi connectivity index (χ1n) is 5.95. The first-order chi connectivity index (χ1) is 9.56. The summed E-state index contributed by atoms with van der Waals surface area (Å²) in [5.74, 6) is 0.194. The van der Waals surface area contributed by atoms with Crippen molar-refractivity contribution in [3.8, 4) is 11.4 Å². The molecule has 0 saturated heterocycles. The van der Waals surface area contributed by atoms with Crippen molar-refractivity contribution in [1.82, 2.24) is 20.4 Å². The van der Waals surface area contributed by atoms with Gasteiger partial charge in [0.15, 0.2) is 0 Å². The van der Waals surface area contributed by atoms with E-state index in [1.165, 1.54) is 0 Å². The fourth-order valence-electron chi connectivity index (χ4n) is 1.73. The molecule has 1 aliphatic carbocycles. The van der Waals surface area contributed by atoms with Crippen LogP contribution < -0.4 is 5.32 Å². The molecule has 1 fully saturated rings. The second-order valence-corrected chi connectivity index (χ2v) is 6.03. The van der Waals surface area contributed by atoms with Crippen LogP contribution in [0, 0.1) is 5.92 Å². The van der Waals surface area contributed by atoms with Crippen LogP contribution in [-0.4, -0.2) is 25.4 Å². The van der Waals surface area contributed by atoms with Crippen LogP contribution in [0.5, 0.6) is 0 Å². The lowest BCUT2D eigenvalue weighted by atomic mass is 10.2. The van der Waals surface area contributed by atoms with Gasteiger partial charge < -0.3 is 9.84 Å². The summed E-state index contributed by atoms with van der Waals surface area (Å²) in [6.07, 6.45) is 3.75. The summed E-state index contributed by atoms with van der Waals surface area (Å²) in [6.45, 7) is 0.150. The molecule has 104 valence electrons. The molecule has 1 N–H and O–H groups in total. The van der Waals surface area contributed by atoms with Gasteiger partial charge in [-0.05, 0) is 18.6 Å². The molecular formula is C12H10Cl2N4O2. The number of pyridine rings is 1. The Labute approximate surface area is 124 Å². The number of nitrogens with zero attached hydrogens (tertiary/aromatic N) is 3. The number of rotatable bonds is 4. The molecule has 8 heteroatoms. The molecule has 2 aromatic heterocycles. The van der Waals surface area contributed by atoms with E-state index >= 15 is 0 Å². The number of halogens is 2. The highest BCUT2D eigenvalue weighted by Crippen LogP contribution is 2.53. The molecule has 0 aromatic carbocycles. The van der Waals surface area contributed by atoms with Gasteiger partial charge in [0.25, 0.3) is 0 Å². The Morgan fingerprint density at radius 2 is 2.15 bits per heavy atom. The van der Waals surface area contributed by atoms with Gasteiger partial charge in [-0.3, -0.25) is 9.78 Å². The molecule has 0 spiro atoms. The average Bonchev–Trinajstić information content (AvgIpc) is 2.89. The molecule has 2 heterocycles. The normalized spacial score (nSPS) is 19.6.